The number of aryl methyl sites for hydroxylation is 1. The number of nitrogens with two attached hydrogens (primary N) is 1. The average Bonchev–Trinajstić information content (AvgIpc) is 2.90. The number of thioether (sulfide) groups is 1. The third kappa shape index (κ3) is 4.79. The Morgan fingerprint density at radius 2 is 2.10 bits per heavy atom. The molecule has 0 radical (unpaired) electrons. The number of anilines is 1. The molecule has 0 bridgehead atoms. The van der Waals surface area contributed by atoms with Crippen LogP contribution in [0.1, 0.15) is 6.42 Å². The van der Waals surface area contributed by atoms with E-state index in [1.54, 1.807) is 16.4 Å². The highest BCUT2D eigenvalue weighted by Crippen LogP contribution is 2.15. The summed E-state index contributed by atoms with van der Waals surface area (Å²) in [5.74, 6) is 1.02. The highest BCUT2D eigenvalue weighted by molar-refractivity contribution is 7.98. The molecule has 2 heterocycles. The molecule has 1 aromatic rings. The Balaban J connectivity index is 0.00000220. The lowest BCUT2D eigenvalue weighted by atomic mass is 10.2. The van der Waals surface area contributed by atoms with Crippen LogP contribution in [0.5, 0.6) is 0 Å². The van der Waals surface area contributed by atoms with Crippen molar-refractivity contribution in [2.45, 2.75) is 12.5 Å². The Morgan fingerprint density at radius 3 is 2.62 bits per heavy atom. The summed E-state index contributed by atoms with van der Waals surface area (Å²) in [5.41, 5.74) is 7.07. The van der Waals surface area contributed by atoms with E-state index in [2.05, 4.69) is 10.00 Å². The smallest absolute Gasteiger partial charge is 0.239 e. The molecule has 0 aromatic carbocycles. The van der Waals surface area contributed by atoms with Gasteiger partial charge in [-0.2, -0.15) is 16.9 Å². The molecular weight excluding hydrogens is 310 g/mol. The molecule has 6 nitrogen and oxygen atoms in total. The summed E-state index contributed by atoms with van der Waals surface area (Å²) in [7, 11) is 1.91. The van der Waals surface area contributed by atoms with Crippen molar-refractivity contribution in [3.63, 3.8) is 0 Å². The van der Waals surface area contributed by atoms with Gasteiger partial charge in [-0.3, -0.25) is 9.48 Å². The normalized spacial score (nSPS) is 16.5. The number of carbonyl (C=O) groups excluding carboxylic acids is 1. The fourth-order valence-corrected chi connectivity index (χ4v) is 2.85. The van der Waals surface area contributed by atoms with Crippen LogP contribution in [-0.2, 0) is 11.8 Å². The van der Waals surface area contributed by atoms with Crippen LogP contribution in [0.4, 0.5) is 5.69 Å². The number of rotatable bonds is 5. The van der Waals surface area contributed by atoms with E-state index in [-0.39, 0.29) is 24.4 Å². The van der Waals surface area contributed by atoms with Gasteiger partial charge in [-0.15, -0.1) is 12.4 Å². The van der Waals surface area contributed by atoms with Gasteiger partial charge in [-0.1, -0.05) is 0 Å². The second-order valence-electron chi connectivity index (χ2n) is 5.07. The van der Waals surface area contributed by atoms with Crippen LogP contribution in [0.3, 0.4) is 0 Å². The highest BCUT2D eigenvalue weighted by atomic mass is 35.5. The largest absolute Gasteiger partial charge is 0.365 e. The molecule has 1 aliphatic heterocycles. The number of aromatic nitrogens is 2. The van der Waals surface area contributed by atoms with Crippen LogP contribution in [0, 0.1) is 0 Å². The molecule has 2 N–H and O–H groups in total. The zero-order chi connectivity index (χ0) is 14.5. The summed E-state index contributed by atoms with van der Waals surface area (Å²) in [4.78, 5) is 16.3. The van der Waals surface area contributed by atoms with Crippen LogP contribution in [0.25, 0.3) is 0 Å². The molecule has 2 rings (SSSR count). The van der Waals surface area contributed by atoms with E-state index in [0.29, 0.717) is 0 Å². The van der Waals surface area contributed by atoms with Gasteiger partial charge < -0.3 is 15.5 Å². The monoisotopic (exact) mass is 333 g/mol. The fraction of sp³-hybridized carbons (Fsp3) is 0.692. The van der Waals surface area contributed by atoms with Crippen molar-refractivity contribution in [2.24, 2.45) is 12.8 Å². The van der Waals surface area contributed by atoms with Gasteiger partial charge in [0.05, 0.1) is 17.9 Å². The molecule has 1 saturated heterocycles. The van der Waals surface area contributed by atoms with E-state index in [1.165, 1.54) is 0 Å². The second-order valence-corrected chi connectivity index (χ2v) is 6.06. The number of amides is 1. The lowest BCUT2D eigenvalue weighted by Crippen LogP contribution is -2.53. The van der Waals surface area contributed by atoms with E-state index in [4.69, 9.17) is 5.73 Å². The van der Waals surface area contributed by atoms with Gasteiger partial charge in [-0.05, 0) is 18.4 Å². The number of nitrogens with zero attached hydrogens (tertiary/aromatic N) is 4. The third-order valence-electron chi connectivity index (χ3n) is 3.60. The van der Waals surface area contributed by atoms with Gasteiger partial charge in [0.1, 0.15) is 0 Å². The quantitative estimate of drug-likeness (QED) is 0.853. The Labute approximate surface area is 136 Å². The van der Waals surface area contributed by atoms with Gasteiger partial charge >= 0.3 is 0 Å². The second kappa shape index (κ2) is 8.51. The molecule has 1 amide bonds. The van der Waals surface area contributed by atoms with E-state index in [0.717, 1.165) is 44.0 Å². The Morgan fingerprint density at radius 1 is 1.43 bits per heavy atom. The van der Waals surface area contributed by atoms with Crippen molar-refractivity contribution in [3.05, 3.63) is 12.4 Å². The summed E-state index contributed by atoms with van der Waals surface area (Å²) in [5, 5.41) is 4.18. The Bertz CT molecular complexity index is 448. The predicted octanol–water partition coefficient (Wildman–Crippen LogP) is 0.571. The molecule has 120 valence electrons. The molecule has 0 spiro atoms. The van der Waals surface area contributed by atoms with Gasteiger partial charge in [0.25, 0.3) is 0 Å². The summed E-state index contributed by atoms with van der Waals surface area (Å²) in [6.45, 7) is 3.15. The van der Waals surface area contributed by atoms with Gasteiger partial charge in [0.2, 0.25) is 5.91 Å². The lowest BCUT2D eigenvalue weighted by molar-refractivity contribution is -0.132. The molecule has 0 saturated carbocycles. The maximum absolute atomic E-state index is 12.2. The minimum absolute atomic E-state index is 0. The van der Waals surface area contributed by atoms with Crippen LogP contribution >= 0.6 is 24.2 Å². The lowest BCUT2D eigenvalue weighted by Gasteiger charge is -2.36. The number of carbonyl (C=O) groups is 1. The predicted molar refractivity (Wildman–Crippen MR) is 90.2 cm³/mol. The van der Waals surface area contributed by atoms with Gasteiger partial charge in [0, 0.05) is 39.4 Å². The number of hydrogen-bond acceptors (Lipinski definition) is 5. The third-order valence-corrected chi connectivity index (χ3v) is 4.24. The van der Waals surface area contributed by atoms with Crippen molar-refractivity contribution in [2.75, 3.05) is 43.1 Å². The Hall–Kier alpha value is -0.920. The molecule has 0 aliphatic carbocycles. The van der Waals surface area contributed by atoms with E-state index >= 15 is 0 Å². The van der Waals surface area contributed by atoms with Crippen molar-refractivity contribution < 1.29 is 4.79 Å². The summed E-state index contributed by atoms with van der Waals surface area (Å²) < 4.78 is 1.80. The molecule has 8 heteroatoms. The number of halogens is 1. The molecule has 1 aliphatic rings. The van der Waals surface area contributed by atoms with Crippen molar-refractivity contribution in [1.29, 1.82) is 0 Å². The van der Waals surface area contributed by atoms with Crippen molar-refractivity contribution in [3.8, 4) is 0 Å². The Kier molecular flexibility index (Phi) is 7.34. The molecule has 1 fully saturated rings. The average molecular weight is 334 g/mol. The number of hydrogen-bond donors (Lipinski definition) is 1. The van der Waals surface area contributed by atoms with Crippen LogP contribution < -0.4 is 10.6 Å². The molecular formula is C13H24ClN5OS. The summed E-state index contributed by atoms with van der Waals surface area (Å²) in [6.07, 6.45) is 6.65. The van der Waals surface area contributed by atoms with Crippen LogP contribution in [-0.4, -0.2) is 64.8 Å². The molecule has 0 unspecified atom stereocenters. The van der Waals surface area contributed by atoms with E-state index < -0.39 is 0 Å². The SMILES string of the molecule is CSCC[C@H](N)C(=O)N1CCN(c2cnn(C)c2)CC1.Cl. The highest BCUT2D eigenvalue weighted by Gasteiger charge is 2.25. The van der Waals surface area contributed by atoms with Crippen LogP contribution in [0.15, 0.2) is 12.4 Å². The zero-order valence-corrected chi connectivity index (χ0v) is 14.2. The first kappa shape index (κ1) is 18.1. The topological polar surface area (TPSA) is 67.4 Å². The first-order chi connectivity index (χ1) is 9.61. The first-order valence-electron chi connectivity index (χ1n) is 6.88. The fourth-order valence-electron chi connectivity index (χ4n) is 2.36. The van der Waals surface area contributed by atoms with Crippen molar-refractivity contribution >= 4 is 35.8 Å². The summed E-state index contributed by atoms with van der Waals surface area (Å²) in [6, 6.07) is -0.354. The molecule has 1 atom stereocenters. The minimum atomic E-state index is -0.354. The zero-order valence-electron chi connectivity index (χ0n) is 12.6. The summed E-state index contributed by atoms with van der Waals surface area (Å²) >= 11 is 1.73. The maximum atomic E-state index is 12.2. The minimum Gasteiger partial charge on any atom is -0.365 e. The molecule has 1 aromatic heterocycles. The number of piperazine rings is 1. The van der Waals surface area contributed by atoms with E-state index in [9.17, 15) is 4.79 Å². The van der Waals surface area contributed by atoms with E-state index in [1.807, 2.05) is 30.6 Å². The molecule has 21 heavy (non-hydrogen) atoms. The van der Waals surface area contributed by atoms with Gasteiger partial charge in [-0.25, -0.2) is 0 Å². The van der Waals surface area contributed by atoms with Gasteiger partial charge in [0.15, 0.2) is 0 Å². The van der Waals surface area contributed by atoms with Crippen LogP contribution in [0.2, 0.25) is 0 Å². The first-order valence-corrected chi connectivity index (χ1v) is 8.28. The maximum Gasteiger partial charge on any atom is 0.239 e. The standard InChI is InChI=1S/C13H23N5OS.ClH/c1-16-10-11(9-15-16)17-4-6-18(7-5-17)13(19)12(14)3-8-20-2;/h9-10,12H,3-8,14H2,1-2H3;1H/t12-;/m0./s1. The van der Waals surface area contributed by atoms with Crippen molar-refractivity contribution in [1.82, 2.24) is 14.7 Å².